The lowest BCUT2D eigenvalue weighted by molar-refractivity contribution is -0.123. The van der Waals surface area contributed by atoms with Gasteiger partial charge < -0.3 is 15.7 Å². The van der Waals surface area contributed by atoms with Gasteiger partial charge in [0.1, 0.15) is 5.75 Å². The van der Waals surface area contributed by atoms with Gasteiger partial charge in [0, 0.05) is 11.6 Å². The number of piperidine rings is 1. The van der Waals surface area contributed by atoms with Gasteiger partial charge in [0.15, 0.2) is 0 Å². The van der Waals surface area contributed by atoms with E-state index in [4.69, 9.17) is 0 Å². The second-order valence-corrected chi connectivity index (χ2v) is 8.32. The Morgan fingerprint density at radius 1 is 1.03 bits per heavy atom. The van der Waals surface area contributed by atoms with E-state index in [2.05, 4.69) is 27.7 Å². The van der Waals surface area contributed by atoms with Crippen molar-refractivity contribution in [1.82, 2.24) is 4.90 Å². The first-order chi connectivity index (χ1) is 14.5. The van der Waals surface area contributed by atoms with Crippen molar-refractivity contribution < 1.29 is 14.7 Å². The molecule has 1 saturated heterocycles. The molecule has 2 aromatic rings. The second-order valence-electron chi connectivity index (χ2n) is 8.32. The van der Waals surface area contributed by atoms with Crippen molar-refractivity contribution >= 4 is 23.2 Å². The first-order valence-corrected chi connectivity index (χ1v) is 10.8. The maximum atomic E-state index is 12.7. The topological polar surface area (TPSA) is 81.7 Å². The number of amides is 2. The molecular weight excluding hydrogens is 378 g/mol. The van der Waals surface area contributed by atoms with Crippen LogP contribution in [-0.4, -0.2) is 41.0 Å². The Balaban J connectivity index is 1.28. The maximum Gasteiger partial charge on any atom is 0.241 e. The summed E-state index contributed by atoms with van der Waals surface area (Å²) in [6.45, 7) is 3.31. The molecule has 158 valence electrons. The number of fused-ring (bicyclic) bond motifs is 1. The summed E-state index contributed by atoms with van der Waals surface area (Å²) in [5.74, 6) is -0.135. The average molecular weight is 408 g/mol. The summed E-state index contributed by atoms with van der Waals surface area (Å²) in [6, 6.07) is 12.7. The first kappa shape index (κ1) is 20.4. The Morgan fingerprint density at radius 2 is 1.77 bits per heavy atom. The Morgan fingerprint density at radius 3 is 2.53 bits per heavy atom. The molecule has 2 aromatic carbocycles. The van der Waals surface area contributed by atoms with Gasteiger partial charge in [0.2, 0.25) is 11.8 Å². The monoisotopic (exact) mass is 407 g/mol. The minimum absolute atomic E-state index is 0.00921. The summed E-state index contributed by atoms with van der Waals surface area (Å²) < 4.78 is 0. The van der Waals surface area contributed by atoms with Gasteiger partial charge in [-0.25, -0.2) is 0 Å². The van der Waals surface area contributed by atoms with E-state index in [0.717, 1.165) is 18.5 Å². The van der Waals surface area contributed by atoms with Crippen LogP contribution in [0.4, 0.5) is 11.4 Å². The molecule has 1 atom stereocenters. The Bertz CT molecular complexity index is 935. The van der Waals surface area contributed by atoms with Crippen LogP contribution >= 0.6 is 0 Å². The second kappa shape index (κ2) is 8.88. The molecule has 3 N–H and O–H groups in total. The standard InChI is InChI=1S/C24H29N3O3/c1-16(23(29)25-20-10-9-17-5-4-6-19(17)15-20)27-13-11-18(12-14-27)24(30)26-21-7-2-3-8-22(21)28/h2-3,7-10,15-16,18,28H,4-6,11-14H2,1H3,(H,25,29)(H,26,30). The molecule has 2 aliphatic rings. The number of phenols is 1. The number of aryl methyl sites for hydroxylation is 2. The highest BCUT2D eigenvalue weighted by Gasteiger charge is 2.30. The van der Waals surface area contributed by atoms with Gasteiger partial charge in [-0.3, -0.25) is 14.5 Å². The lowest BCUT2D eigenvalue weighted by Gasteiger charge is -2.34. The minimum Gasteiger partial charge on any atom is -0.506 e. The van der Waals surface area contributed by atoms with Crippen molar-refractivity contribution in [2.45, 2.75) is 45.1 Å². The van der Waals surface area contributed by atoms with E-state index in [9.17, 15) is 14.7 Å². The molecule has 1 aliphatic heterocycles. The predicted octanol–water partition coefficient (Wildman–Crippen LogP) is 3.56. The molecule has 6 heteroatoms. The number of nitrogens with one attached hydrogen (secondary N) is 2. The minimum atomic E-state index is -0.250. The van der Waals surface area contributed by atoms with E-state index in [1.54, 1.807) is 24.3 Å². The van der Waals surface area contributed by atoms with Crippen LogP contribution in [0.2, 0.25) is 0 Å². The Labute approximate surface area is 177 Å². The number of benzene rings is 2. The molecule has 1 fully saturated rings. The van der Waals surface area contributed by atoms with Crippen molar-refractivity contribution in [3.8, 4) is 5.75 Å². The fourth-order valence-electron chi connectivity index (χ4n) is 4.43. The van der Waals surface area contributed by atoms with Crippen LogP contribution in [0.3, 0.4) is 0 Å². The quantitative estimate of drug-likeness (QED) is 0.662. The highest BCUT2D eigenvalue weighted by Crippen LogP contribution is 2.27. The maximum absolute atomic E-state index is 12.7. The summed E-state index contributed by atoms with van der Waals surface area (Å²) in [5.41, 5.74) is 4.04. The molecule has 0 saturated carbocycles. The van der Waals surface area contributed by atoms with E-state index in [-0.39, 0.29) is 29.5 Å². The summed E-state index contributed by atoms with van der Waals surface area (Å²) in [7, 11) is 0. The number of anilines is 2. The zero-order valence-corrected chi connectivity index (χ0v) is 17.4. The lowest BCUT2D eigenvalue weighted by Crippen LogP contribution is -2.47. The van der Waals surface area contributed by atoms with E-state index >= 15 is 0 Å². The Kier molecular flexibility index (Phi) is 6.04. The fourth-order valence-corrected chi connectivity index (χ4v) is 4.43. The molecule has 0 spiro atoms. The molecule has 0 radical (unpaired) electrons. The average Bonchev–Trinajstić information content (AvgIpc) is 3.23. The summed E-state index contributed by atoms with van der Waals surface area (Å²) in [4.78, 5) is 27.4. The van der Waals surface area contributed by atoms with Gasteiger partial charge >= 0.3 is 0 Å². The third-order valence-corrected chi connectivity index (χ3v) is 6.36. The number of para-hydroxylation sites is 2. The number of aromatic hydroxyl groups is 1. The van der Waals surface area contributed by atoms with Gasteiger partial charge in [-0.1, -0.05) is 18.2 Å². The van der Waals surface area contributed by atoms with Crippen molar-refractivity contribution in [3.05, 3.63) is 53.6 Å². The van der Waals surface area contributed by atoms with Crippen LogP contribution in [0.15, 0.2) is 42.5 Å². The third-order valence-electron chi connectivity index (χ3n) is 6.36. The molecule has 6 nitrogen and oxygen atoms in total. The van der Waals surface area contributed by atoms with Crippen LogP contribution in [0.1, 0.15) is 37.3 Å². The van der Waals surface area contributed by atoms with E-state index < -0.39 is 0 Å². The van der Waals surface area contributed by atoms with Crippen LogP contribution in [0, 0.1) is 5.92 Å². The molecule has 1 unspecified atom stereocenters. The molecule has 0 aromatic heterocycles. The van der Waals surface area contributed by atoms with Gasteiger partial charge in [-0.2, -0.15) is 0 Å². The molecule has 30 heavy (non-hydrogen) atoms. The van der Waals surface area contributed by atoms with E-state index in [1.165, 1.54) is 17.5 Å². The summed E-state index contributed by atoms with van der Waals surface area (Å²) in [5, 5.41) is 15.7. The van der Waals surface area contributed by atoms with Crippen molar-refractivity contribution in [2.24, 2.45) is 5.92 Å². The number of hydrogen-bond acceptors (Lipinski definition) is 4. The highest BCUT2D eigenvalue weighted by molar-refractivity contribution is 5.95. The van der Waals surface area contributed by atoms with Gasteiger partial charge in [-0.05, 0) is 87.5 Å². The smallest absolute Gasteiger partial charge is 0.241 e. The number of carbonyl (C=O) groups is 2. The third kappa shape index (κ3) is 4.49. The first-order valence-electron chi connectivity index (χ1n) is 10.8. The number of phenolic OH excluding ortho intramolecular Hbond substituents is 1. The van der Waals surface area contributed by atoms with Crippen LogP contribution in [-0.2, 0) is 22.4 Å². The fraction of sp³-hybridized carbons (Fsp3) is 0.417. The van der Waals surface area contributed by atoms with Crippen LogP contribution in [0.5, 0.6) is 5.75 Å². The zero-order valence-electron chi connectivity index (χ0n) is 17.4. The SMILES string of the molecule is CC(C(=O)Nc1ccc2c(c1)CCC2)N1CCC(C(=O)Nc2ccccc2O)CC1. The molecule has 4 rings (SSSR count). The number of nitrogens with zero attached hydrogens (tertiary/aromatic N) is 1. The molecule has 0 bridgehead atoms. The van der Waals surface area contributed by atoms with Crippen LogP contribution < -0.4 is 10.6 Å². The number of carbonyl (C=O) groups excluding carboxylic acids is 2. The highest BCUT2D eigenvalue weighted by atomic mass is 16.3. The van der Waals surface area contributed by atoms with E-state index in [1.807, 2.05) is 13.0 Å². The lowest BCUT2D eigenvalue weighted by atomic mass is 9.94. The number of likely N-dealkylation sites (tertiary alicyclic amines) is 1. The largest absolute Gasteiger partial charge is 0.506 e. The van der Waals surface area contributed by atoms with Crippen LogP contribution in [0.25, 0.3) is 0 Å². The summed E-state index contributed by atoms with van der Waals surface area (Å²) in [6.07, 6.45) is 4.79. The van der Waals surface area contributed by atoms with Crippen molar-refractivity contribution in [1.29, 1.82) is 0 Å². The normalized spacial score (nSPS) is 17.9. The van der Waals surface area contributed by atoms with E-state index in [0.29, 0.717) is 31.6 Å². The molecular formula is C24H29N3O3. The summed E-state index contributed by atoms with van der Waals surface area (Å²) >= 11 is 0. The Hall–Kier alpha value is -2.86. The van der Waals surface area contributed by atoms with Crippen molar-refractivity contribution in [2.75, 3.05) is 23.7 Å². The molecule has 2 amide bonds. The predicted molar refractivity (Wildman–Crippen MR) is 118 cm³/mol. The molecule has 1 heterocycles. The van der Waals surface area contributed by atoms with Gasteiger partial charge in [0.05, 0.1) is 11.7 Å². The van der Waals surface area contributed by atoms with Crippen molar-refractivity contribution in [3.63, 3.8) is 0 Å². The molecule has 1 aliphatic carbocycles. The van der Waals surface area contributed by atoms with Gasteiger partial charge in [-0.15, -0.1) is 0 Å². The number of hydrogen-bond donors (Lipinski definition) is 3. The number of rotatable bonds is 5. The zero-order chi connectivity index (χ0) is 21.1. The van der Waals surface area contributed by atoms with Gasteiger partial charge in [0.25, 0.3) is 0 Å².